The zero-order valence-electron chi connectivity index (χ0n) is 16.6. The summed E-state index contributed by atoms with van der Waals surface area (Å²) >= 11 is 2.79. The summed E-state index contributed by atoms with van der Waals surface area (Å²) in [6.07, 6.45) is 0. The maximum atomic E-state index is 12.6. The zero-order chi connectivity index (χ0) is 21.1. The number of benzene rings is 2. The van der Waals surface area contributed by atoms with E-state index in [2.05, 4.69) is 15.3 Å². The van der Waals surface area contributed by atoms with Crippen LogP contribution < -0.4 is 14.8 Å². The molecule has 30 heavy (non-hydrogen) atoms. The Bertz CT molecular complexity index is 1180. The lowest BCUT2D eigenvalue weighted by Gasteiger charge is -2.08. The standard InChI is InChI=1S/C22H19N3O3S2/c1-13-4-6-14(7-5-13)21-23-18(12-29-21)20(26)25-22-24-17(11-30-22)16-9-8-15(27-2)10-19(16)28-3/h4-12H,1-3H3,(H,24,25,26). The molecule has 2 aromatic heterocycles. The van der Waals surface area contributed by atoms with Crippen LogP contribution in [-0.4, -0.2) is 30.1 Å². The summed E-state index contributed by atoms with van der Waals surface area (Å²) in [5.74, 6) is 1.07. The number of hydrogen-bond acceptors (Lipinski definition) is 7. The first-order valence-corrected chi connectivity index (χ1v) is 10.8. The number of amides is 1. The summed E-state index contributed by atoms with van der Waals surface area (Å²) in [5, 5.41) is 7.76. The first kappa shape index (κ1) is 20.1. The number of anilines is 1. The van der Waals surface area contributed by atoms with Crippen LogP contribution in [0.2, 0.25) is 0 Å². The minimum Gasteiger partial charge on any atom is -0.497 e. The molecule has 0 aliphatic rings. The molecule has 0 bridgehead atoms. The third-order valence-corrected chi connectivity index (χ3v) is 6.09. The second-order valence-corrected chi connectivity index (χ2v) is 8.18. The Kier molecular flexibility index (Phi) is 5.78. The van der Waals surface area contributed by atoms with Crippen molar-refractivity contribution in [3.63, 3.8) is 0 Å². The Morgan fingerprint density at radius 3 is 2.50 bits per heavy atom. The lowest BCUT2D eigenvalue weighted by Crippen LogP contribution is -2.12. The Morgan fingerprint density at radius 1 is 0.967 bits per heavy atom. The van der Waals surface area contributed by atoms with Crippen LogP contribution in [0.1, 0.15) is 16.1 Å². The van der Waals surface area contributed by atoms with Crippen molar-refractivity contribution in [1.29, 1.82) is 0 Å². The number of ether oxygens (including phenoxy) is 2. The highest BCUT2D eigenvalue weighted by Gasteiger charge is 2.16. The van der Waals surface area contributed by atoms with Gasteiger partial charge in [-0.1, -0.05) is 29.8 Å². The Hall–Kier alpha value is -3.23. The highest BCUT2D eigenvalue weighted by atomic mass is 32.1. The Balaban J connectivity index is 1.50. The van der Waals surface area contributed by atoms with E-state index in [9.17, 15) is 4.79 Å². The van der Waals surface area contributed by atoms with E-state index >= 15 is 0 Å². The number of aryl methyl sites for hydroxylation is 1. The number of aromatic nitrogens is 2. The van der Waals surface area contributed by atoms with Crippen molar-refractivity contribution in [1.82, 2.24) is 9.97 Å². The number of thiazole rings is 2. The van der Waals surface area contributed by atoms with Gasteiger partial charge in [0, 0.05) is 28.0 Å². The molecule has 0 aliphatic heterocycles. The molecule has 0 aliphatic carbocycles. The van der Waals surface area contributed by atoms with Crippen molar-refractivity contribution in [2.75, 3.05) is 19.5 Å². The molecule has 152 valence electrons. The van der Waals surface area contributed by atoms with Gasteiger partial charge in [0.2, 0.25) is 0 Å². The summed E-state index contributed by atoms with van der Waals surface area (Å²) in [4.78, 5) is 21.6. The van der Waals surface area contributed by atoms with Crippen molar-refractivity contribution in [3.8, 4) is 33.3 Å². The highest BCUT2D eigenvalue weighted by molar-refractivity contribution is 7.14. The molecule has 0 saturated heterocycles. The van der Waals surface area contributed by atoms with Gasteiger partial charge in [0.05, 0.1) is 19.9 Å². The monoisotopic (exact) mass is 437 g/mol. The van der Waals surface area contributed by atoms with Crippen molar-refractivity contribution in [2.24, 2.45) is 0 Å². The minimum absolute atomic E-state index is 0.285. The van der Waals surface area contributed by atoms with Gasteiger partial charge in [-0.05, 0) is 19.1 Å². The van der Waals surface area contributed by atoms with Gasteiger partial charge in [0.1, 0.15) is 22.2 Å². The van der Waals surface area contributed by atoms with Gasteiger partial charge in [-0.25, -0.2) is 9.97 Å². The van der Waals surface area contributed by atoms with Crippen molar-refractivity contribution in [3.05, 3.63) is 64.5 Å². The molecule has 0 atom stereocenters. The molecule has 4 aromatic rings. The second kappa shape index (κ2) is 8.64. The number of methoxy groups -OCH3 is 2. The average Bonchev–Trinajstić information content (AvgIpc) is 3.44. The van der Waals surface area contributed by atoms with Gasteiger partial charge in [-0.2, -0.15) is 0 Å². The van der Waals surface area contributed by atoms with Gasteiger partial charge in [-0.15, -0.1) is 22.7 Å². The number of nitrogens with one attached hydrogen (secondary N) is 1. The van der Waals surface area contributed by atoms with E-state index in [1.165, 1.54) is 28.2 Å². The second-order valence-electron chi connectivity index (χ2n) is 6.46. The summed E-state index contributed by atoms with van der Waals surface area (Å²) in [5.41, 5.74) is 4.09. The SMILES string of the molecule is COc1ccc(-c2csc(NC(=O)c3csc(-c4ccc(C)cc4)n3)n2)c(OC)c1. The fourth-order valence-corrected chi connectivity index (χ4v) is 4.34. The van der Waals surface area contributed by atoms with Crippen LogP contribution in [0.15, 0.2) is 53.2 Å². The largest absolute Gasteiger partial charge is 0.497 e. The molecule has 0 unspecified atom stereocenters. The Morgan fingerprint density at radius 2 is 1.77 bits per heavy atom. The van der Waals surface area contributed by atoms with Gasteiger partial charge in [0.15, 0.2) is 5.13 Å². The predicted octanol–water partition coefficient (Wildman–Crippen LogP) is 5.51. The van der Waals surface area contributed by atoms with Crippen LogP contribution in [-0.2, 0) is 0 Å². The van der Waals surface area contributed by atoms with Crippen LogP contribution in [0.5, 0.6) is 11.5 Å². The van der Waals surface area contributed by atoms with Crippen LogP contribution in [0.25, 0.3) is 21.8 Å². The molecule has 1 amide bonds. The van der Waals surface area contributed by atoms with E-state index in [-0.39, 0.29) is 5.91 Å². The summed E-state index contributed by atoms with van der Waals surface area (Å²) in [7, 11) is 3.20. The molecule has 2 aromatic carbocycles. The molecule has 8 heteroatoms. The number of nitrogens with zero attached hydrogens (tertiary/aromatic N) is 2. The molecule has 6 nitrogen and oxygen atoms in total. The van der Waals surface area contributed by atoms with E-state index in [0.29, 0.717) is 28.0 Å². The van der Waals surface area contributed by atoms with Gasteiger partial charge in [0.25, 0.3) is 5.91 Å². The van der Waals surface area contributed by atoms with Crippen LogP contribution in [0.3, 0.4) is 0 Å². The number of hydrogen-bond donors (Lipinski definition) is 1. The Labute approximate surface area is 182 Å². The first-order chi connectivity index (χ1) is 14.6. The lowest BCUT2D eigenvalue weighted by atomic mass is 10.1. The van der Waals surface area contributed by atoms with E-state index in [4.69, 9.17) is 9.47 Å². The van der Waals surface area contributed by atoms with Gasteiger partial charge in [-0.3, -0.25) is 10.1 Å². The van der Waals surface area contributed by atoms with Crippen LogP contribution in [0.4, 0.5) is 5.13 Å². The van der Waals surface area contributed by atoms with Gasteiger partial charge >= 0.3 is 0 Å². The van der Waals surface area contributed by atoms with Crippen molar-refractivity contribution >= 4 is 33.7 Å². The maximum Gasteiger partial charge on any atom is 0.276 e. The van der Waals surface area contributed by atoms with Crippen molar-refractivity contribution in [2.45, 2.75) is 6.92 Å². The van der Waals surface area contributed by atoms with Gasteiger partial charge < -0.3 is 9.47 Å². The number of carbonyl (C=O) groups is 1. The average molecular weight is 438 g/mol. The minimum atomic E-state index is -0.285. The quantitative estimate of drug-likeness (QED) is 0.430. The molecule has 0 fully saturated rings. The fourth-order valence-electron chi connectivity index (χ4n) is 2.83. The fraction of sp³-hybridized carbons (Fsp3) is 0.136. The van der Waals surface area contributed by atoms with Crippen LogP contribution >= 0.6 is 22.7 Å². The topological polar surface area (TPSA) is 73.3 Å². The molecular weight excluding hydrogens is 418 g/mol. The van der Waals surface area contributed by atoms with E-state index in [0.717, 1.165) is 16.1 Å². The first-order valence-electron chi connectivity index (χ1n) is 9.09. The summed E-state index contributed by atoms with van der Waals surface area (Å²) in [6.45, 7) is 2.04. The molecule has 0 saturated carbocycles. The number of rotatable bonds is 6. The highest BCUT2D eigenvalue weighted by Crippen LogP contribution is 2.35. The van der Waals surface area contributed by atoms with E-state index in [1.54, 1.807) is 25.7 Å². The third kappa shape index (κ3) is 4.19. The molecular formula is C22H19N3O3S2. The predicted molar refractivity (Wildman–Crippen MR) is 121 cm³/mol. The third-order valence-electron chi connectivity index (χ3n) is 4.44. The molecule has 2 heterocycles. The molecule has 1 N–H and O–H groups in total. The summed E-state index contributed by atoms with van der Waals surface area (Å²) in [6, 6.07) is 13.6. The normalized spacial score (nSPS) is 10.6. The zero-order valence-corrected chi connectivity index (χ0v) is 18.3. The summed E-state index contributed by atoms with van der Waals surface area (Å²) < 4.78 is 10.7. The molecule has 0 radical (unpaired) electrons. The molecule has 4 rings (SSSR count). The smallest absolute Gasteiger partial charge is 0.276 e. The van der Waals surface area contributed by atoms with Crippen LogP contribution in [0, 0.1) is 6.92 Å². The van der Waals surface area contributed by atoms with Crippen molar-refractivity contribution < 1.29 is 14.3 Å². The van der Waals surface area contributed by atoms with E-state index in [1.807, 2.05) is 48.7 Å². The lowest BCUT2D eigenvalue weighted by molar-refractivity contribution is 0.102. The maximum absolute atomic E-state index is 12.6. The molecule has 0 spiro atoms. The number of carbonyl (C=O) groups excluding carboxylic acids is 1. The van der Waals surface area contributed by atoms with E-state index < -0.39 is 0 Å².